The molecule has 0 rings (SSSR count). The lowest BCUT2D eigenvalue weighted by Crippen LogP contribution is -2.50. The lowest BCUT2D eigenvalue weighted by molar-refractivity contribution is -0.929. The Hall–Kier alpha value is -0.0800. The Bertz CT molecular complexity index is 236. The van der Waals surface area contributed by atoms with Crippen molar-refractivity contribution in [2.24, 2.45) is 0 Å². The number of rotatable bonds is 21. The number of nitrogens with zero attached hydrogens (tertiary/aromatic N) is 1. The van der Waals surface area contributed by atoms with E-state index >= 15 is 0 Å². The Morgan fingerprint density at radius 3 is 0.815 bits per heavy atom. The van der Waals surface area contributed by atoms with Gasteiger partial charge in [0.1, 0.15) is 0 Å². The molecule has 0 aliphatic rings. The largest absolute Gasteiger partial charge is 0.870 e. The smallest absolute Gasteiger partial charge is 0.0786 e. The summed E-state index contributed by atoms with van der Waals surface area (Å²) in [6.45, 7) is 15.2. The topological polar surface area (TPSA) is 30.0 Å². The minimum Gasteiger partial charge on any atom is -0.870 e. The van der Waals surface area contributed by atoms with Crippen molar-refractivity contribution in [2.45, 2.75) is 137 Å². The lowest BCUT2D eigenvalue weighted by atomic mass is 10.1. The van der Waals surface area contributed by atoms with Gasteiger partial charge in [-0.25, -0.2) is 0 Å². The maximum absolute atomic E-state index is 2.34. The monoisotopic (exact) mass is 385 g/mol. The zero-order valence-electron chi connectivity index (χ0n) is 19.7. The van der Waals surface area contributed by atoms with E-state index in [4.69, 9.17) is 0 Å². The molecule has 0 saturated heterocycles. The maximum Gasteiger partial charge on any atom is 0.0786 e. The summed E-state index contributed by atoms with van der Waals surface area (Å²) in [4.78, 5) is 0. The molecule has 0 aromatic rings. The molecular formula is C25H55NO. The van der Waals surface area contributed by atoms with E-state index in [1.807, 2.05) is 0 Å². The van der Waals surface area contributed by atoms with Gasteiger partial charge < -0.3 is 9.96 Å². The molecule has 0 aromatic carbocycles. The van der Waals surface area contributed by atoms with E-state index in [2.05, 4.69) is 27.7 Å². The van der Waals surface area contributed by atoms with Crippen molar-refractivity contribution < 1.29 is 9.96 Å². The van der Waals surface area contributed by atoms with Crippen LogP contribution in [0.5, 0.6) is 0 Å². The van der Waals surface area contributed by atoms with Crippen LogP contribution >= 0.6 is 0 Å². The predicted octanol–water partition coefficient (Wildman–Crippen LogP) is 8.34. The molecule has 2 heteroatoms. The number of hydrogen-bond donors (Lipinski definition) is 0. The minimum atomic E-state index is 0. The second-order valence-corrected chi connectivity index (χ2v) is 8.83. The van der Waals surface area contributed by atoms with Crippen LogP contribution in [-0.2, 0) is 0 Å². The van der Waals surface area contributed by atoms with Gasteiger partial charge in [0, 0.05) is 0 Å². The second-order valence-electron chi connectivity index (χ2n) is 8.83. The molecule has 27 heavy (non-hydrogen) atoms. The molecule has 0 spiro atoms. The molecule has 0 radical (unpaired) electrons. The van der Waals surface area contributed by atoms with Crippen molar-refractivity contribution in [3.05, 3.63) is 0 Å². The van der Waals surface area contributed by atoms with Crippen molar-refractivity contribution in [2.75, 3.05) is 26.2 Å². The number of quaternary nitrogens is 1. The quantitative estimate of drug-likeness (QED) is 0.144. The van der Waals surface area contributed by atoms with E-state index in [9.17, 15) is 0 Å². The highest BCUT2D eigenvalue weighted by Crippen LogP contribution is 2.19. The van der Waals surface area contributed by atoms with Crippen LogP contribution in [0.15, 0.2) is 0 Å². The van der Waals surface area contributed by atoms with Crippen LogP contribution in [0.4, 0.5) is 0 Å². The molecule has 1 N–H and O–H groups in total. The second kappa shape index (κ2) is 22.2. The van der Waals surface area contributed by atoms with Gasteiger partial charge in [-0.15, -0.1) is 0 Å². The van der Waals surface area contributed by atoms with Crippen molar-refractivity contribution in [3.8, 4) is 0 Å². The third-order valence-corrected chi connectivity index (χ3v) is 6.19. The number of hydrogen-bond acceptors (Lipinski definition) is 1. The van der Waals surface area contributed by atoms with Crippen molar-refractivity contribution in [1.29, 1.82) is 0 Å². The molecule has 0 aromatic heterocycles. The summed E-state index contributed by atoms with van der Waals surface area (Å²) in [5, 5.41) is 0. The first kappa shape index (κ1) is 29.1. The Balaban J connectivity index is 0. The van der Waals surface area contributed by atoms with Crippen LogP contribution in [0.3, 0.4) is 0 Å². The van der Waals surface area contributed by atoms with Gasteiger partial charge in [-0.1, -0.05) is 85.5 Å². The SMILES string of the molecule is CCCCCCC[N+](CCCCCC)(CCCCCC)CCCCCC.[OH-]. The van der Waals surface area contributed by atoms with Crippen LogP contribution < -0.4 is 0 Å². The average molecular weight is 386 g/mol. The highest BCUT2D eigenvalue weighted by atomic mass is 16.0. The van der Waals surface area contributed by atoms with Gasteiger partial charge in [-0.05, 0) is 51.4 Å². The standard InChI is InChI=1S/C25H54N.H2O/c1-5-9-13-17-21-25-26(22-18-14-10-6-2,23-19-15-11-7-3)24-20-16-12-8-4;/h5-25H2,1-4H3;1H2/q+1;/p-1. The highest BCUT2D eigenvalue weighted by molar-refractivity contribution is 4.53. The molecule has 0 aliphatic heterocycles. The molecule has 0 unspecified atom stereocenters. The molecule has 166 valence electrons. The van der Waals surface area contributed by atoms with Gasteiger partial charge in [0.15, 0.2) is 0 Å². The van der Waals surface area contributed by atoms with E-state index < -0.39 is 0 Å². The molecule has 0 saturated carbocycles. The first-order valence-corrected chi connectivity index (χ1v) is 12.6. The molecule has 0 fully saturated rings. The van der Waals surface area contributed by atoms with Gasteiger partial charge in [0.25, 0.3) is 0 Å². The molecule has 2 nitrogen and oxygen atoms in total. The molecular weight excluding hydrogens is 330 g/mol. The van der Waals surface area contributed by atoms with E-state index in [1.54, 1.807) is 0 Å². The van der Waals surface area contributed by atoms with Crippen molar-refractivity contribution in [3.63, 3.8) is 0 Å². The van der Waals surface area contributed by atoms with Crippen LogP contribution in [0.25, 0.3) is 0 Å². The summed E-state index contributed by atoms with van der Waals surface area (Å²) in [5.41, 5.74) is 0. The summed E-state index contributed by atoms with van der Waals surface area (Å²) >= 11 is 0. The summed E-state index contributed by atoms with van der Waals surface area (Å²) in [7, 11) is 0. The Labute approximate surface area is 173 Å². The Kier molecular flexibility index (Phi) is 24.0. The van der Waals surface area contributed by atoms with Crippen LogP contribution in [0.2, 0.25) is 0 Å². The third-order valence-electron chi connectivity index (χ3n) is 6.19. The first-order chi connectivity index (χ1) is 12.7. The maximum atomic E-state index is 2.34. The predicted molar refractivity (Wildman–Crippen MR) is 123 cm³/mol. The molecule has 0 bridgehead atoms. The van der Waals surface area contributed by atoms with Gasteiger partial charge in [0.05, 0.1) is 26.2 Å². The summed E-state index contributed by atoms with van der Waals surface area (Å²) in [5.74, 6) is 0. The normalized spacial score (nSPS) is 11.6. The van der Waals surface area contributed by atoms with E-state index in [1.165, 1.54) is 140 Å². The van der Waals surface area contributed by atoms with Gasteiger partial charge in [0.2, 0.25) is 0 Å². The third kappa shape index (κ3) is 17.7. The average Bonchev–Trinajstić information content (AvgIpc) is 2.65. The van der Waals surface area contributed by atoms with Crippen LogP contribution in [-0.4, -0.2) is 36.1 Å². The van der Waals surface area contributed by atoms with E-state index in [0.29, 0.717) is 0 Å². The first-order valence-electron chi connectivity index (χ1n) is 12.6. The zero-order chi connectivity index (χ0) is 19.3. The minimum absolute atomic E-state index is 0. The molecule has 0 amide bonds. The van der Waals surface area contributed by atoms with Gasteiger partial charge in [-0.3, -0.25) is 0 Å². The fourth-order valence-electron chi connectivity index (χ4n) is 4.34. The molecule has 0 atom stereocenters. The van der Waals surface area contributed by atoms with Gasteiger partial charge in [-0.2, -0.15) is 0 Å². The highest BCUT2D eigenvalue weighted by Gasteiger charge is 2.25. The van der Waals surface area contributed by atoms with Crippen molar-refractivity contribution >= 4 is 0 Å². The van der Waals surface area contributed by atoms with Crippen LogP contribution in [0, 0.1) is 0 Å². The fraction of sp³-hybridized carbons (Fsp3) is 1.00. The number of unbranched alkanes of at least 4 members (excludes halogenated alkanes) is 13. The Morgan fingerprint density at radius 1 is 0.333 bits per heavy atom. The summed E-state index contributed by atoms with van der Waals surface area (Å²) in [6, 6.07) is 0. The van der Waals surface area contributed by atoms with Crippen molar-refractivity contribution in [1.82, 2.24) is 0 Å². The summed E-state index contributed by atoms with van der Waals surface area (Å²) in [6.07, 6.45) is 24.3. The lowest BCUT2D eigenvalue weighted by Gasteiger charge is -2.39. The zero-order valence-corrected chi connectivity index (χ0v) is 19.7. The van der Waals surface area contributed by atoms with Crippen LogP contribution in [0.1, 0.15) is 137 Å². The Morgan fingerprint density at radius 2 is 0.556 bits per heavy atom. The molecule has 0 aliphatic carbocycles. The molecule has 0 heterocycles. The fourth-order valence-corrected chi connectivity index (χ4v) is 4.34. The van der Waals surface area contributed by atoms with E-state index in [0.717, 1.165) is 0 Å². The summed E-state index contributed by atoms with van der Waals surface area (Å²) < 4.78 is 1.46. The van der Waals surface area contributed by atoms with Gasteiger partial charge >= 0.3 is 0 Å². The van der Waals surface area contributed by atoms with E-state index in [-0.39, 0.29) is 5.48 Å².